The molecule has 0 aromatic carbocycles. The minimum atomic E-state index is -0.430. The number of rotatable bonds is 9. The SMILES string of the molecule is CC[C@@H](CO)Nc1cc(-c2c[nH]c(C(=O)N[C@H](CO)C3C=C(Cl)C=CC3)c2)c(C)cn1. The summed E-state index contributed by atoms with van der Waals surface area (Å²) in [6.45, 7) is 3.79. The van der Waals surface area contributed by atoms with Crippen LogP contribution in [0, 0.1) is 12.8 Å². The first kappa shape index (κ1) is 23.1. The second-order valence-corrected chi connectivity index (χ2v) is 8.17. The second kappa shape index (κ2) is 10.6. The van der Waals surface area contributed by atoms with Gasteiger partial charge in [0.15, 0.2) is 0 Å². The maximum absolute atomic E-state index is 12.8. The maximum Gasteiger partial charge on any atom is 0.268 e. The van der Waals surface area contributed by atoms with E-state index in [9.17, 15) is 15.0 Å². The van der Waals surface area contributed by atoms with E-state index in [0.717, 1.165) is 23.1 Å². The van der Waals surface area contributed by atoms with Crippen molar-refractivity contribution in [1.29, 1.82) is 0 Å². The molecule has 0 fully saturated rings. The number of amides is 1. The molecule has 1 amide bonds. The highest BCUT2D eigenvalue weighted by atomic mass is 35.5. The van der Waals surface area contributed by atoms with E-state index in [0.29, 0.717) is 23.0 Å². The Kier molecular flexibility index (Phi) is 7.90. The molecule has 8 heteroatoms. The number of pyridine rings is 1. The Hall–Kier alpha value is -2.61. The van der Waals surface area contributed by atoms with E-state index >= 15 is 0 Å². The summed E-state index contributed by atoms with van der Waals surface area (Å²) in [6, 6.07) is 3.20. The number of carbonyl (C=O) groups excluding carboxylic acids is 1. The van der Waals surface area contributed by atoms with Gasteiger partial charge in [0.2, 0.25) is 0 Å². The molecule has 1 aliphatic carbocycles. The molecule has 0 radical (unpaired) electrons. The zero-order valence-electron chi connectivity index (χ0n) is 17.7. The van der Waals surface area contributed by atoms with Crippen LogP contribution in [0.4, 0.5) is 5.82 Å². The monoisotopic (exact) mass is 444 g/mol. The highest BCUT2D eigenvalue weighted by molar-refractivity contribution is 6.31. The van der Waals surface area contributed by atoms with Crippen LogP contribution in [-0.4, -0.2) is 51.4 Å². The van der Waals surface area contributed by atoms with Crippen LogP contribution in [0.1, 0.15) is 35.8 Å². The minimum Gasteiger partial charge on any atom is -0.394 e. The number of aromatic nitrogens is 2. The summed E-state index contributed by atoms with van der Waals surface area (Å²) in [4.78, 5) is 20.2. The average Bonchev–Trinajstić information content (AvgIpc) is 3.27. The lowest BCUT2D eigenvalue weighted by molar-refractivity contribution is 0.0895. The first-order chi connectivity index (χ1) is 14.9. The van der Waals surface area contributed by atoms with Crippen molar-refractivity contribution in [2.45, 2.75) is 38.8 Å². The Morgan fingerprint density at radius 2 is 2.16 bits per heavy atom. The molecule has 0 saturated heterocycles. The number of aromatic amines is 1. The molecule has 1 aliphatic rings. The fourth-order valence-corrected chi connectivity index (χ4v) is 3.81. The van der Waals surface area contributed by atoms with Gasteiger partial charge in [-0.1, -0.05) is 30.7 Å². The molecule has 3 rings (SSSR count). The Balaban J connectivity index is 1.75. The van der Waals surface area contributed by atoms with Crippen LogP contribution in [0.15, 0.2) is 47.8 Å². The van der Waals surface area contributed by atoms with Gasteiger partial charge in [-0.2, -0.15) is 0 Å². The first-order valence-corrected chi connectivity index (χ1v) is 10.8. The van der Waals surface area contributed by atoms with E-state index in [-0.39, 0.29) is 31.1 Å². The molecule has 2 aromatic heterocycles. The number of hydrogen-bond acceptors (Lipinski definition) is 5. The number of halogens is 1. The number of aliphatic hydroxyl groups is 2. The number of hydrogen-bond donors (Lipinski definition) is 5. The maximum atomic E-state index is 12.8. The molecule has 5 N–H and O–H groups in total. The van der Waals surface area contributed by atoms with Crippen molar-refractivity contribution in [3.63, 3.8) is 0 Å². The fraction of sp³-hybridized carbons (Fsp3) is 0.391. The van der Waals surface area contributed by atoms with Crippen LogP contribution >= 0.6 is 11.6 Å². The minimum absolute atomic E-state index is 0.0269. The van der Waals surface area contributed by atoms with E-state index in [1.807, 2.05) is 38.1 Å². The van der Waals surface area contributed by atoms with E-state index in [1.165, 1.54) is 0 Å². The third kappa shape index (κ3) is 5.76. The van der Waals surface area contributed by atoms with Gasteiger partial charge in [0.25, 0.3) is 5.91 Å². The normalized spacial score (nSPS) is 17.7. The molecule has 0 saturated carbocycles. The van der Waals surface area contributed by atoms with Crippen LogP contribution in [0.3, 0.4) is 0 Å². The Labute approximate surface area is 187 Å². The van der Waals surface area contributed by atoms with Gasteiger partial charge in [0, 0.05) is 28.9 Å². The molecular formula is C23H29ClN4O3. The number of nitrogens with zero attached hydrogens (tertiary/aromatic N) is 1. The van der Waals surface area contributed by atoms with E-state index in [4.69, 9.17) is 11.6 Å². The fourth-order valence-electron chi connectivity index (χ4n) is 3.56. The van der Waals surface area contributed by atoms with Crippen molar-refractivity contribution in [2.24, 2.45) is 5.92 Å². The topological polar surface area (TPSA) is 110 Å². The molecule has 7 nitrogen and oxygen atoms in total. The van der Waals surface area contributed by atoms with Crippen molar-refractivity contribution in [2.75, 3.05) is 18.5 Å². The first-order valence-electron chi connectivity index (χ1n) is 10.4. The van der Waals surface area contributed by atoms with Crippen LogP contribution in [0.2, 0.25) is 0 Å². The zero-order valence-corrected chi connectivity index (χ0v) is 18.5. The molecule has 2 aromatic rings. The Morgan fingerprint density at radius 1 is 1.35 bits per heavy atom. The number of aliphatic hydroxyl groups excluding tert-OH is 2. The van der Waals surface area contributed by atoms with Crippen molar-refractivity contribution >= 4 is 23.3 Å². The van der Waals surface area contributed by atoms with Crippen LogP contribution < -0.4 is 10.6 Å². The van der Waals surface area contributed by atoms with Crippen molar-refractivity contribution in [3.8, 4) is 11.1 Å². The van der Waals surface area contributed by atoms with Crippen molar-refractivity contribution in [1.82, 2.24) is 15.3 Å². The molecule has 31 heavy (non-hydrogen) atoms. The highest BCUT2D eigenvalue weighted by Crippen LogP contribution is 2.27. The van der Waals surface area contributed by atoms with Gasteiger partial charge >= 0.3 is 0 Å². The molecule has 0 aliphatic heterocycles. The number of nitrogens with one attached hydrogen (secondary N) is 3. The molecule has 3 atom stereocenters. The van der Waals surface area contributed by atoms with E-state index < -0.39 is 6.04 Å². The van der Waals surface area contributed by atoms with E-state index in [1.54, 1.807) is 18.5 Å². The summed E-state index contributed by atoms with van der Waals surface area (Å²) < 4.78 is 0. The van der Waals surface area contributed by atoms with Crippen LogP contribution in [0.25, 0.3) is 11.1 Å². The van der Waals surface area contributed by atoms with Gasteiger partial charge in [-0.3, -0.25) is 4.79 Å². The summed E-state index contributed by atoms with van der Waals surface area (Å²) in [7, 11) is 0. The number of carbonyl (C=O) groups is 1. The summed E-state index contributed by atoms with van der Waals surface area (Å²) in [5.41, 5.74) is 3.17. The highest BCUT2D eigenvalue weighted by Gasteiger charge is 2.23. The van der Waals surface area contributed by atoms with Crippen LogP contribution in [0.5, 0.6) is 0 Å². The van der Waals surface area contributed by atoms with Gasteiger partial charge in [0.05, 0.1) is 25.3 Å². The van der Waals surface area contributed by atoms with Gasteiger partial charge in [-0.15, -0.1) is 0 Å². The number of aryl methyl sites for hydroxylation is 1. The molecule has 2 heterocycles. The summed E-state index contributed by atoms with van der Waals surface area (Å²) >= 11 is 6.06. The van der Waals surface area contributed by atoms with Crippen LogP contribution in [-0.2, 0) is 0 Å². The Morgan fingerprint density at radius 3 is 2.84 bits per heavy atom. The van der Waals surface area contributed by atoms with Gasteiger partial charge in [-0.25, -0.2) is 4.98 Å². The largest absolute Gasteiger partial charge is 0.394 e. The van der Waals surface area contributed by atoms with Gasteiger partial charge in [0.1, 0.15) is 11.5 Å². The van der Waals surface area contributed by atoms with Crippen molar-refractivity contribution in [3.05, 3.63) is 59.0 Å². The molecule has 0 spiro atoms. The summed E-state index contributed by atoms with van der Waals surface area (Å²) in [5, 5.41) is 25.9. The number of allylic oxidation sites excluding steroid dienone is 3. The lowest BCUT2D eigenvalue weighted by Crippen LogP contribution is -2.42. The third-order valence-corrected chi connectivity index (χ3v) is 5.75. The lowest BCUT2D eigenvalue weighted by Gasteiger charge is -2.24. The Bertz CT molecular complexity index is 965. The van der Waals surface area contributed by atoms with Gasteiger partial charge < -0.3 is 25.8 Å². The zero-order chi connectivity index (χ0) is 22.4. The molecular weight excluding hydrogens is 416 g/mol. The average molecular weight is 445 g/mol. The van der Waals surface area contributed by atoms with Gasteiger partial charge in [-0.05, 0) is 49.1 Å². The summed E-state index contributed by atoms with van der Waals surface area (Å²) in [5.74, 6) is 0.318. The lowest BCUT2D eigenvalue weighted by atomic mass is 9.93. The van der Waals surface area contributed by atoms with E-state index in [2.05, 4.69) is 20.6 Å². The molecule has 166 valence electrons. The number of H-pyrrole nitrogens is 1. The second-order valence-electron chi connectivity index (χ2n) is 7.73. The standard InChI is InChI=1S/C23H29ClN4O3/c1-3-18(12-29)27-22-9-19(14(2)10-26-22)16-8-20(25-11-16)23(31)28-21(13-30)15-5-4-6-17(24)7-15/h4,6-11,15,18,21,25,29-30H,3,5,12-13H2,1-2H3,(H,26,27)(H,28,31)/t15?,18-,21+/m0/s1. The number of anilines is 1. The smallest absolute Gasteiger partial charge is 0.268 e. The van der Waals surface area contributed by atoms with Crippen molar-refractivity contribution < 1.29 is 15.0 Å². The predicted molar refractivity (Wildman–Crippen MR) is 123 cm³/mol. The molecule has 1 unspecified atom stereocenters. The third-order valence-electron chi connectivity index (χ3n) is 5.50. The summed E-state index contributed by atoms with van der Waals surface area (Å²) in [6.07, 6.45) is 10.6. The quantitative estimate of drug-likeness (QED) is 0.407. The predicted octanol–water partition coefficient (Wildman–Crippen LogP) is 3.36. The molecule has 0 bridgehead atoms.